The summed E-state index contributed by atoms with van der Waals surface area (Å²) in [5.74, 6) is -0.303. The fraction of sp³-hybridized carbons (Fsp3) is 0.105. The van der Waals surface area contributed by atoms with Crippen molar-refractivity contribution in [1.29, 1.82) is 0 Å². The quantitative estimate of drug-likeness (QED) is 0.386. The Hall–Kier alpha value is -3.28. The van der Waals surface area contributed by atoms with Crippen molar-refractivity contribution < 1.29 is 9.31 Å². The van der Waals surface area contributed by atoms with Crippen LogP contribution in [0.5, 0.6) is 0 Å². The van der Waals surface area contributed by atoms with Crippen LogP contribution in [0.4, 0.5) is 15.8 Å². The standard InChI is InChI=1S/C19H16FN3O2/c1-13-10-15(12-21-17-8-6-16(20)7-9-17)14(2)22(13)18-4-3-5-19(11-18)23(24)25/h3-12H,1-2H3. The minimum atomic E-state index is -0.408. The lowest BCUT2D eigenvalue weighted by molar-refractivity contribution is -0.384. The van der Waals surface area contributed by atoms with Crippen LogP contribution in [0.2, 0.25) is 0 Å². The highest BCUT2D eigenvalue weighted by Gasteiger charge is 2.12. The Balaban J connectivity index is 1.97. The SMILES string of the molecule is Cc1cc(C=Nc2ccc(F)cc2)c(C)n1-c1cccc([N+](=O)[O-])c1. The molecule has 0 N–H and O–H groups in total. The van der Waals surface area contributed by atoms with E-state index in [-0.39, 0.29) is 11.5 Å². The number of rotatable bonds is 4. The van der Waals surface area contributed by atoms with Crippen LogP contribution in [-0.4, -0.2) is 15.7 Å². The summed E-state index contributed by atoms with van der Waals surface area (Å²) in [6.07, 6.45) is 1.71. The molecule has 0 aliphatic carbocycles. The average molecular weight is 337 g/mol. The van der Waals surface area contributed by atoms with Crippen molar-refractivity contribution in [2.75, 3.05) is 0 Å². The predicted molar refractivity (Wildman–Crippen MR) is 95.6 cm³/mol. The third-order valence-electron chi connectivity index (χ3n) is 3.95. The van der Waals surface area contributed by atoms with Gasteiger partial charge in [0.05, 0.1) is 16.3 Å². The molecule has 0 spiro atoms. The molecule has 126 valence electrons. The number of non-ortho nitro benzene ring substituents is 1. The largest absolute Gasteiger partial charge is 0.318 e. The number of aryl methyl sites for hydroxylation is 1. The van der Waals surface area contributed by atoms with E-state index in [9.17, 15) is 14.5 Å². The molecule has 2 aromatic carbocycles. The highest BCUT2D eigenvalue weighted by Crippen LogP contribution is 2.23. The first-order valence-corrected chi connectivity index (χ1v) is 7.69. The van der Waals surface area contributed by atoms with Crippen LogP contribution in [0.25, 0.3) is 5.69 Å². The van der Waals surface area contributed by atoms with Crippen molar-refractivity contribution in [3.8, 4) is 5.69 Å². The Morgan fingerprint density at radius 1 is 1.12 bits per heavy atom. The van der Waals surface area contributed by atoms with Gasteiger partial charge in [-0.25, -0.2) is 4.39 Å². The zero-order chi connectivity index (χ0) is 18.0. The maximum Gasteiger partial charge on any atom is 0.271 e. The highest BCUT2D eigenvalue weighted by atomic mass is 19.1. The first-order chi connectivity index (χ1) is 12.0. The molecule has 0 saturated heterocycles. The Kier molecular flexibility index (Phi) is 4.43. The molecular formula is C19H16FN3O2. The molecular weight excluding hydrogens is 321 g/mol. The third kappa shape index (κ3) is 3.47. The molecule has 3 aromatic rings. The smallest absolute Gasteiger partial charge is 0.271 e. The van der Waals surface area contributed by atoms with Crippen molar-refractivity contribution in [2.24, 2.45) is 4.99 Å². The van der Waals surface area contributed by atoms with Gasteiger partial charge in [-0.3, -0.25) is 15.1 Å². The van der Waals surface area contributed by atoms with Gasteiger partial charge in [-0.15, -0.1) is 0 Å². The number of hydrogen-bond acceptors (Lipinski definition) is 3. The number of aliphatic imine (C=N–C) groups is 1. The van der Waals surface area contributed by atoms with Crippen molar-refractivity contribution in [1.82, 2.24) is 4.57 Å². The van der Waals surface area contributed by atoms with E-state index >= 15 is 0 Å². The number of aromatic nitrogens is 1. The minimum absolute atomic E-state index is 0.0477. The monoisotopic (exact) mass is 337 g/mol. The molecule has 0 radical (unpaired) electrons. The number of halogens is 1. The van der Waals surface area contributed by atoms with Gasteiger partial charge in [-0.05, 0) is 50.2 Å². The zero-order valence-electron chi connectivity index (χ0n) is 13.8. The van der Waals surface area contributed by atoms with Crippen LogP contribution < -0.4 is 0 Å². The van der Waals surface area contributed by atoms with E-state index in [1.807, 2.05) is 30.5 Å². The average Bonchev–Trinajstić information content (AvgIpc) is 2.88. The maximum absolute atomic E-state index is 12.9. The van der Waals surface area contributed by atoms with E-state index in [4.69, 9.17) is 0 Å². The van der Waals surface area contributed by atoms with Gasteiger partial charge in [0.25, 0.3) is 5.69 Å². The molecule has 0 saturated carbocycles. The van der Waals surface area contributed by atoms with Crippen LogP contribution in [0.1, 0.15) is 17.0 Å². The molecule has 5 nitrogen and oxygen atoms in total. The maximum atomic E-state index is 12.9. The zero-order valence-corrected chi connectivity index (χ0v) is 13.8. The molecule has 0 aliphatic rings. The summed E-state index contributed by atoms with van der Waals surface area (Å²) >= 11 is 0. The molecule has 0 unspecified atom stereocenters. The normalized spacial score (nSPS) is 11.2. The van der Waals surface area contributed by atoms with Crippen molar-refractivity contribution in [2.45, 2.75) is 13.8 Å². The lowest BCUT2D eigenvalue weighted by Gasteiger charge is -2.09. The number of hydrogen-bond donors (Lipinski definition) is 0. The molecule has 6 heteroatoms. The number of nitro benzene ring substituents is 1. The fourth-order valence-electron chi connectivity index (χ4n) is 2.73. The molecule has 0 atom stereocenters. The first kappa shape index (κ1) is 16.6. The highest BCUT2D eigenvalue weighted by molar-refractivity contribution is 5.84. The number of benzene rings is 2. The van der Waals surface area contributed by atoms with Gasteiger partial charge in [-0.2, -0.15) is 0 Å². The summed E-state index contributed by atoms with van der Waals surface area (Å²) < 4.78 is 14.9. The Morgan fingerprint density at radius 2 is 1.84 bits per heavy atom. The molecule has 0 fully saturated rings. The summed E-state index contributed by atoms with van der Waals surface area (Å²) in [6, 6.07) is 14.4. The van der Waals surface area contributed by atoms with Crippen LogP contribution in [-0.2, 0) is 0 Å². The summed E-state index contributed by atoms with van der Waals surface area (Å²) in [4.78, 5) is 14.9. The van der Waals surface area contributed by atoms with Gasteiger partial charge < -0.3 is 4.57 Å². The lowest BCUT2D eigenvalue weighted by atomic mass is 10.2. The summed E-state index contributed by atoms with van der Waals surface area (Å²) in [5, 5.41) is 11.0. The van der Waals surface area contributed by atoms with Gasteiger partial charge in [0.1, 0.15) is 5.82 Å². The predicted octanol–water partition coefficient (Wildman–Crippen LogP) is 4.89. The molecule has 0 aliphatic heterocycles. The van der Waals surface area contributed by atoms with Gasteiger partial charge >= 0.3 is 0 Å². The summed E-state index contributed by atoms with van der Waals surface area (Å²) in [5.41, 5.74) is 4.19. The van der Waals surface area contributed by atoms with Gasteiger partial charge in [0.2, 0.25) is 0 Å². The van der Waals surface area contributed by atoms with E-state index in [0.29, 0.717) is 5.69 Å². The Morgan fingerprint density at radius 3 is 2.52 bits per heavy atom. The first-order valence-electron chi connectivity index (χ1n) is 7.69. The van der Waals surface area contributed by atoms with Gasteiger partial charge in [0, 0.05) is 35.3 Å². The van der Waals surface area contributed by atoms with Crippen LogP contribution >= 0.6 is 0 Å². The summed E-state index contributed by atoms with van der Waals surface area (Å²) in [6.45, 7) is 3.86. The second-order valence-corrected chi connectivity index (χ2v) is 5.67. The molecule has 1 heterocycles. The Labute approximate surface area is 144 Å². The lowest BCUT2D eigenvalue weighted by Crippen LogP contribution is -2.00. The number of nitrogens with zero attached hydrogens (tertiary/aromatic N) is 3. The van der Waals surface area contributed by atoms with E-state index < -0.39 is 4.92 Å². The van der Waals surface area contributed by atoms with Crippen molar-refractivity contribution in [3.05, 3.63) is 87.5 Å². The molecule has 3 rings (SSSR count). The molecule has 1 aromatic heterocycles. The topological polar surface area (TPSA) is 60.4 Å². The van der Waals surface area contributed by atoms with E-state index in [1.165, 1.54) is 18.2 Å². The van der Waals surface area contributed by atoms with Crippen LogP contribution in [0.15, 0.2) is 59.6 Å². The second-order valence-electron chi connectivity index (χ2n) is 5.67. The van der Waals surface area contributed by atoms with E-state index in [0.717, 1.165) is 22.6 Å². The molecule has 0 amide bonds. The number of nitro groups is 1. The second kappa shape index (κ2) is 6.68. The fourth-order valence-corrected chi connectivity index (χ4v) is 2.73. The van der Waals surface area contributed by atoms with E-state index in [1.54, 1.807) is 30.5 Å². The minimum Gasteiger partial charge on any atom is -0.318 e. The van der Waals surface area contributed by atoms with Gasteiger partial charge in [-0.1, -0.05) is 6.07 Å². The van der Waals surface area contributed by atoms with Crippen LogP contribution in [0.3, 0.4) is 0 Å². The van der Waals surface area contributed by atoms with Crippen molar-refractivity contribution >= 4 is 17.6 Å². The van der Waals surface area contributed by atoms with Gasteiger partial charge in [0.15, 0.2) is 0 Å². The summed E-state index contributed by atoms with van der Waals surface area (Å²) in [7, 11) is 0. The Bertz CT molecular complexity index is 959. The van der Waals surface area contributed by atoms with Crippen LogP contribution in [0, 0.1) is 29.8 Å². The molecule has 0 bridgehead atoms. The van der Waals surface area contributed by atoms with Crippen molar-refractivity contribution in [3.63, 3.8) is 0 Å². The molecule has 25 heavy (non-hydrogen) atoms. The van der Waals surface area contributed by atoms with E-state index in [2.05, 4.69) is 4.99 Å². The third-order valence-corrected chi connectivity index (χ3v) is 3.95.